The van der Waals surface area contributed by atoms with Gasteiger partial charge in [0.1, 0.15) is 6.10 Å². The number of cyclic esters (lactones) is 1. The summed E-state index contributed by atoms with van der Waals surface area (Å²) in [5.74, 6) is 0.209. The van der Waals surface area contributed by atoms with Crippen LogP contribution in [0.4, 0.5) is 0 Å². The molecule has 26 heavy (non-hydrogen) atoms. The van der Waals surface area contributed by atoms with Gasteiger partial charge in [-0.25, -0.2) is 0 Å². The van der Waals surface area contributed by atoms with Crippen molar-refractivity contribution in [2.45, 2.75) is 50.7 Å². The molecule has 4 nitrogen and oxygen atoms in total. The van der Waals surface area contributed by atoms with Crippen LogP contribution in [0.25, 0.3) is 0 Å². The molecule has 0 aromatic heterocycles. The van der Waals surface area contributed by atoms with Crippen LogP contribution < -0.4 is 0 Å². The fourth-order valence-corrected chi connectivity index (χ4v) is 3.30. The lowest BCUT2D eigenvalue weighted by atomic mass is 9.91. The summed E-state index contributed by atoms with van der Waals surface area (Å²) in [5.41, 5.74) is 2.28. The van der Waals surface area contributed by atoms with E-state index in [4.69, 9.17) is 9.84 Å². The zero-order valence-electron chi connectivity index (χ0n) is 15.4. The van der Waals surface area contributed by atoms with Crippen molar-refractivity contribution in [3.8, 4) is 0 Å². The molecule has 4 unspecified atom stereocenters. The molecule has 4 heteroatoms. The van der Waals surface area contributed by atoms with Crippen molar-refractivity contribution < 1.29 is 19.7 Å². The van der Waals surface area contributed by atoms with Crippen molar-refractivity contribution in [3.63, 3.8) is 0 Å². The van der Waals surface area contributed by atoms with Gasteiger partial charge in [-0.05, 0) is 31.4 Å². The molecule has 2 N–H and O–H groups in total. The lowest BCUT2D eigenvalue weighted by Gasteiger charge is -2.18. The number of aliphatic hydroxyl groups is 2. The van der Waals surface area contributed by atoms with Gasteiger partial charge in [0.15, 0.2) is 0 Å². The van der Waals surface area contributed by atoms with Gasteiger partial charge in [-0.2, -0.15) is 0 Å². The molecule has 1 fully saturated rings. The van der Waals surface area contributed by atoms with Crippen molar-refractivity contribution in [2.75, 3.05) is 6.61 Å². The third-order valence-corrected chi connectivity index (χ3v) is 4.75. The summed E-state index contributed by atoms with van der Waals surface area (Å²) >= 11 is 0. The fraction of sp³-hybridized carbons (Fsp3) is 0.409. The molecule has 0 saturated carbocycles. The quantitative estimate of drug-likeness (QED) is 0.803. The van der Waals surface area contributed by atoms with Gasteiger partial charge < -0.3 is 14.9 Å². The van der Waals surface area contributed by atoms with Gasteiger partial charge in [-0.15, -0.1) is 0 Å². The Morgan fingerprint density at radius 3 is 2.12 bits per heavy atom. The minimum absolute atomic E-state index is 0.0231. The molecule has 1 heterocycles. The van der Waals surface area contributed by atoms with Crippen LogP contribution in [-0.2, 0) is 9.53 Å². The number of rotatable bonds is 5. The molecule has 0 aliphatic carbocycles. The Labute approximate surface area is 155 Å². The van der Waals surface area contributed by atoms with Gasteiger partial charge in [-0.3, -0.25) is 4.79 Å². The van der Waals surface area contributed by atoms with E-state index in [-0.39, 0.29) is 30.5 Å². The molecule has 4 atom stereocenters. The van der Waals surface area contributed by atoms with Crippen molar-refractivity contribution in [1.82, 2.24) is 0 Å². The van der Waals surface area contributed by atoms with Crippen molar-refractivity contribution >= 4 is 5.97 Å². The Kier molecular flexibility index (Phi) is 7.82. The normalized spacial score (nSPS) is 21.3. The second kappa shape index (κ2) is 10.1. The molecule has 0 spiro atoms. The minimum atomic E-state index is -0.408. The maximum absolute atomic E-state index is 11.0. The first-order valence-electron chi connectivity index (χ1n) is 9.11. The highest BCUT2D eigenvalue weighted by Crippen LogP contribution is 2.31. The number of hydrogen-bond acceptors (Lipinski definition) is 4. The number of ether oxygens (including phenoxy) is 1. The van der Waals surface area contributed by atoms with Gasteiger partial charge in [0.2, 0.25) is 0 Å². The second-order valence-corrected chi connectivity index (χ2v) is 6.69. The maximum atomic E-state index is 11.0. The van der Waals surface area contributed by atoms with Crippen molar-refractivity contribution in [2.24, 2.45) is 0 Å². The summed E-state index contributed by atoms with van der Waals surface area (Å²) in [4.78, 5) is 11.0. The van der Waals surface area contributed by atoms with Crippen LogP contribution in [0.1, 0.15) is 49.7 Å². The maximum Gasteiger partial charge on any atom is 0.306 e. The Morgan fingerprint density at radius 2 is 1.65 bits per heavy atom. The average Bonchev–Trinajstić information content (AvgIpc) is 2.99. The summed E-state index contributed by atoms with van der Waals surface area (Å²) in [6, 6.07) is 19.8. The number of benzene rings is 2. The van der Waals surface area contributed by atoms with E-state index < -0.39 is 6.10 Å². The lowest BCUT2D eigenvalue weighted by Crippen LogP contribution is -2.15. The van der Waals surface area contributed by atoms with E-state index in [2.05, 4.69) is 0 Å². The number of carbonyl (C=O) groups excluding carboxylic acids is 1. The molecule has 0 amide bonds. The first kappa shape index (κ1) is 20.1. The first-order chi connectivity index (χ1) is 12.5. The SMILES string of the molecule is CC(O)C(CCO)c1ccccc1.CC1OC(=O)CC1c1ccccc1. The molecule has 3 rings (SSSR count). The smallest absolute Gasteiger partial charge is 0.306 e. The van der Waals surface area contributed by atoms with E-state index in [1.54, 1.807) is 6.92 Å². The van der Waals surface area contributed by atoms with Crippen LogP contribution >= 0.6 is 0 Å². The average molecular weight is 356 g/mol. The number of carbonyl (C=O) groups is 1. The molecule has 1 aliphatic rings. The molecular formula is C22H28O4. The summed E-state index contributed by atoms with van der Waals surface area (Å²) in [6.07, 6.45) is 0.747. The van der Waals surface area contributed by atoms with Crippen LogP contribution in [-0.4, -0.2) is 35.0 Å². The van der Waals surface area contributed by atoms with Gasteiger partial charge >= 0.3 is 5.97 Å². The van der Waals surface area contributed by atoms with Crippen LogP contribution in [0.5, 0.6) is 0 Å². The first-order valence-corrected chi connectivity index (χ1v) is 9.11. The fourth-order valence-electron chi connectivity index (χ4n) is 3.30. The van der Waals surface area contributed by atoms with Crippen LogP contribution in [0.15, 0.2) is 60.7 Å². The molecule has 1 aliphatic heterocycles. The zero-order valence-corrected chi connectivity index (χ0v) is 15.4. The summed E-state index contributed by atoms with van der Waals surface area (Å²) < 4.78 is 5.09. The van der Waals surface area contributed by atoms with Gasteiger partial charge in [-0.1, -0.05) is 60.7 Å². The third-order valence-electron chi connectivity index (χ3n) is 4.75. The third kappa shape index (κ3) is 5.68. The Hall–Kier alpha value is -2.17. The van der Waals surface area contributed by atoms with Crippen LogP contribution in [0.2, 0.25) is 0 Å². The highest BCUT2D eigenvalue weighted by Gasteiger charge is 2.32. The predicted molar refractivity (Wildman–Crippen MR) is 102 cm³/mol. The van der Waals surface area contributed by atoms with E-state index in [9.17, 15) is 9.90 Å². The monoisotopic (exact) mass is 356 g/mol. The van der Waals surface area contributed by atoms with Gasteiger partial charge in [0.05, 0.1) is 12.5 Å². The van der Waals surface area contributed by atoms with E-state index in [0.29, 0.717) is 12.8 Å². The standard InChI is InChI=1S/C11H12O2.C11H16O2/c1-8-10(7-11(12)13-8)9-5-3-2-4-6-9;1-9(13)11(7-8-12)10-5-3-2-4-6-10/h2-6,8,10H,7H2,1H3;2-6,9,11-13H,7-8H2,1H3. The topological polar surface area (TPSA) is 66.8 Å². The summed E-state index contributed by atoms with van der Waals surface area (Å²) in [6.45, 7) is 3.82. The largest absolute Gasteiger partial charge is 0.462 e. The predicted octanol–water partition coefficient (Wildman–Crippen LogP) is 3.64. The zero-order chi connectivity index (χ0) is 18.9. The van der Waals surface area contributed by atoms with E-state index in [1.807, 2.05) is 67.6 Å². The molecule has 2 aromatic rings. The lowest BCUT2D eigenvalue weighted by molar-refractivity contribution is -0.140. The molecule has 2 aromatic carbocycles. The highest BCUT2D eigenvalue weighted by molar-refractivity contribution is 5.73. The van der Waals surface area contributed by atoms with Crippen LogP contribution in [0, 0.1) is 0 Å². The summed E-state index contributed by atoms with van der Waals surface area (Å²) in [5, 5.41) is 18.3. The number of aliphatic hydroxyl groups excluding tert-OH is 2. The Morgan fingerprint density at radius 1 is 1.08 bits per heavy atom. The van der Waals surface area contributed by atoms with E-state index in [0.717, 1.165) is 5.56 Å². The molecule has 140 valence electrons. The minimum Gasteiger partial charge on any atom is -0.462 e. The van der Waals surface area contributed by atoms with Gasteiger partial charge in [0, 0.05) is 18.4 Å². The number of esters is 1. The molecular weight excluding hydrogens is 328 g/mol. The Bertz CT molecular complexity index is 654. The molecule has 0 bridgehead atoms. The highest BCUT2D eigenvalue weighted by atomic mass is 16.5. The van der Waals surface area contributed by atoms with Crippen molar-refractivity contribution in [3.05, 3.63) is 71.8 Å². The van der Waals surface area contributed by atoms with Crippen molar-refractivity contribution in [1.29, 1.82) is 0 Å². The van der Waals surface area contributed by atoms with E-state index in [1.165, 1.54) is 5.56 Å². The molecule has 1 saturated heterocycles. The van der Waals surface area contributed by atoms with Crippen LogP contribution in [0.3, 0.4) is 0 Å². The summed E-state index contributed by atoms with van der Waals surface area (Å²) in [7, 11) is 0. The molecule has 0 radical (unpaired) electrons. The van der Waals surface area contributed by atoms with E-state index >= 15 is 0 Å². The number of hydrogen-bond donors (Lipinski definition) is 2. The Balaban J connectivity index is 0.000000187. The van der Waals surface area contributed by atoms with Gasteiger partial charge in [0.25, 0.3) is 0 Å². The second-order valence-electron chi connectivity index (χ2n) is 6.69.